The van der Waals surface area contributed by atoms with Gasteiger partial charge in [0.25, 0.3) is 0 Å². The molecule has 7 fully saturated rings. The zero-order chi connectivity index (χ0) is 20.2. The molecule has 164 valence electrons. The first-order valence-corrected chi connectivity index (χ1v) is 12.2. The first-order chi connectivity index (χ1) is 14.5. The molecule has 30 heavy (non-hydrogen) atoms. The molecule has 0 aromatic heterocycles. The van der Waals surface area contributed by atoms with Crippen LogP contribution in [0.4, 0.5) is 0 Å². The highest BCUT2D eigenvalue weighted by atomic mass is 16.7. The van der Waals surface area contributed by atoms with Crippen molar-refractivity contribution in [3.63, 3.8) is 0 Å². The lowest BCUT2D eigenvalue weighted by molar-refractivity contribution is -0.255. The van der Waals surface area contributed by atoms with Gasteiger partial charge in [-0.3, -0.25) is 0 Å². The van der Waals surface area contributed by atoms with Crippen LogP contribution in [0.25, 0.3) is 0 Å². The third-order valence-electron chi connectivity index (χ3n) is 10.8. The van der Waals surface area contributed by atoms with Crippen molar-refractivity contribution in [1.29, 1.82) is 0 Å². The Morgan fingerprint density at radius 2 is 1.63 bits per heavy atom. The zero-order valence-electron chi connectivity index (χ0n) is 18.1. The van der Waals surface area contributed by atoms with Crippen LogP contribution in [0.2, 0.25) is 0 Å². The lowest BCUT2D eigenvalue weighted by Gasteiger charge is -2.61. The minimum atomic E-state index is -0.425. The molecule has 0 radical (unpaired) electrons. The Balaban J connectivity index is 1.26. The molecule has 0 aromatic carbocycles. The van der Waals surface area contributed by atoms with E-state index in [1.165, 1.54) is 19.3 Å². The van der Waals surface area contributed by atoms with Crippen molar-refractivity contribution in [2.24, 2.45) is 28.6 Å². The second-order valence-electron chi connectivity index (χ2n) is 11.4. The number of fused-ring (bicyclic) bond motifs is 5. The fourth-order valence-corrected chi connectivity index (χ4v) is 9.57. The van der Waals surface area contributed by atoms with E-state index in [-0.39, 0.29) is 22.2 Å². The van der Waals surface area contributed by atoms with Crippen LogP contribution >= 0.6 is 0 Å². The van der Waals surface area contributed by atoms with Crippen LogP contribution in [0.5, 0.6) is 0 Å². The SMILES string of the molecule is C#CCC12CCC3(C[C@@]14O[C@H]4C[C@@H]1[C@@H]2CC[C@@]2(C)[C@H]1CCC21OCCO1)OCCO3. The molecule has 7 aliphatic rings. The van der Waals surface area contributed by atoms with Crippen LogP contribution < -0.4 is 0 Å². The van der Waals surface area contributed by atoms with Gasteiger partial charge >= 0.3 is 0 Å². The summed E-state index contributed by atoms with van der Waals surface area (Å²) in [5.74, 6) is 4.25. The van der Waals surface area contributed by atoms with Crippen LogP contribution in [-0.2, 0) is 23.7 Å². The Morgan fingerprint density at radius 3 is 2.40 bits per heavy atom. The fraction of sp³-hybridized carbons (Fsp3) is 0.920. The van der Waals surface area contributed by atoms with Crippen molar-refractivity contribution < 1.29 is 23.7 Å². The van der Waals surface area contributed by atoms with Gasteiger partial charge in [-0.05, 0) is 49.9 Å². The van der Waals surface area contributed by atoms with E-state index in [0.29, 0.717) is 37.1 Å². The van der Waals surface area contributed by atoms with Crippen molar-refractivity contribution in [1.82, 2.24) is 0 Å². The molecule has 0 amide bonds. The Hall–Kier alpha value is -0.640. The molecule has 5 heteroatoms. The summed E-state index contributed by atoms with van der Waals surface area (Å²) in [5, 5.41) is 0. The summed E-state index contributed by atoms with van der Waals surface area (Å²) in [7, 11) is 0. The van der Waals surface area contributed by atoms with Crippen molar-refractivity contribution in [2.45, 2.75) is 88.0 Å². The molecule has 4 saturated carbocycles. The van der Waals surface area contributed by atoms with Crippen LogP contribution in [0.15, 0.2) is 0 Å². The molecule has 7 atom stereocenters. The van der Waals surface area contributed by atoms with Crippen LogP contribution in [0.3, 0.4) is 0 Å². The first kappa shape index (κ1) is 18.9. The predicted octanol–water partition coefficient (Wildman–Crippen LogP) is 3.65. The molecule has 7 rings (SSSR count). The van der Waals surface area contributed by atoms with Gasteiger partial charge in [-0.25, -0.2) is 0 Å². The predicted molar refractivity (Wildman–Crippen MR) is 108 cm³/mol. The summed E-state index contributed by atoms with van der Waals surface area (Å²) in [6.45, 7) is 5.35. The summed E-state index contributed by atoms with van der Waals surface area (Å²) in [6, 6.07) is 0. The van der Waals surface area contributed by atoms with Gasteiger partial charge < -0.3 is 23.7 Å². The van der Waals surface area contributed by atoms with Crippen LogP contribution in [0.1, 0.15) is 64.7 Å². The van der Waals surface area contributed by atoms with E-state index in [1.807, 2.05) is 0 Å². The molecule has 3 saturated heterocycles. The third kappa shape index (κ3) is 2.01. The van der Waals surface area contributed by atoms with E-state index >= 15 is 0 Å². The van der Waals surface area contributed by atoms with E-state index in [9.17, 15) is 0 Å². The number of epoxide rings is 1. The normalized spacial score (nSPS) is 54.3. The Labute approximate surface area is 179 Å². The third-order valence-corrected chi connectivity index (χ3v) is 10.8. The molecular formula is C25H34O5. The van der Waals surface area contributed by atoms with Gasteiger partial charge in [-0.15, -0.1) is 12.3 Å². The van der Waals surface area contributed by atoms with Gasteiger partial charge in [0.15, 0.2) is 11.6 Å². The Kier molecular flexibility index (Phi) is 3.67. The van der Waals surface area contributed by atoms with E-state index in [0.717, 1.165) is 51.7 Å². The van der Waals surface area contributed by atoms with Gasteiger partial charge in [0.1, 0.15) is 5.60 Å². The molecule has 3 spiro atoms. The van der Waals surface area contributed by atoms with E-state index < -0.39 is 5.79 Å². The maximum absolute atomic E-state index is 6.68. The maximum Gasteiger partial charge on any atom is 0.174 e. The highest BCUT2D eigenvalue weighted by Crippen LogP contribution is 2.76. The minimum Gasteiger partial charge on any atom is -0.365 e. The zero-order valence-corrected chi connectivity index (χ0v) is 18.1. The second-order valence-corrected chi connectivity index (χ2v) is 11.4. The average Bonchev–Trinajstić information content (AvgIpc) is 3.12. The smallest absolute Gasteiger partial charge is 0.174 e. The summed E-state index contributed by atoms with van der Waals surface area (Å²) in [5.41, 5.74) is 0.0579. The Bertz CT molecular complexity index is 792. The number of terminal acetylenes is 1. The molecule has 1 unspecified atom stereocenters. The molecule has 0 bridgehead atoms. The van der Waals surface area contributed by atoms with Gasteiger partial charge in [-0.1, -0.05) is 6.92 Å². The number of hydrogen-bond acceptors (Lipinski definition) is 5. The van der Waals surface area contributed by atoms with Crippen molar-refractivity contribution in [3.05, 3.63) is 0 Å². The molecule has 3 aliphatic heterocycles. The Morgan fingerprint density at radius 1 is 0.900 bits per heavy atom. The van der Waals surface area contributed by atoms with E-state index in [2.05, 4.69) is 12.8 Å². The summed E-state index contributed by atoms with van der Waals surface area (Å²) in [4.78, 5) is 0. The van der Waals surface area contributed by atoms with E-state index in [4.69, 9.17) is 30.1 Å². The van der Waals surface area contributed by atoms with Crippen LogP contribution in [0, 0.1) is 40.9 Å². The first-order valence-electron chi connectivity index (χ1n) is 12.2. The molecular weight excluding hydrogens is 380 g/mol. The lowest BCUT2D eigenvalue weighted by atomic mass is 9.43. The number of ether oxygens (including phenoxy) is 5. The average molecular weight is 415 g/mol. The molecule has 0 aromatic rings. The standard InChI is InChI=1S/C25H34O5/c1-3-6-22-9-10-23(26-11-12-27-23)16-24(22)20(30-24)15-17-18-5-8-25(28-13-14-29-25)21(18,2)7-4-19(17)22/h1,17-20H,4-16H2,2H3/t17-,18-,19-,20-,21-,22?,24-/m0/s1. The highest BCUT2D eigenvalue weighted by Gasteiger charge is 2.80. The van der Waals surface area contributed by atoms with E-state index in [1.54, 1.807) is 0 Å². The summed E-state index contributed by atoms with van der Waals surface area (Å²) < 4.78 is 31.6. The maximum atomic E-state index is 6.68. The molecule has 3 heterocycles. The van der Waals surface area contributed by atoms with Crippen LogP contribution in [-0.4, -0.2) is 49.7 Å². The van der Waals surface area contributed by atoms with Crippen molar-refractivity contribution in [3.8, 4) is 12.3 Å². The van der Waals surface area contributed by atoms with Gasteiger partial charge in [0.05, 0.1) is 32.5 Å². The van der Waals surface area contributed by atoms with Crippen molar-refractivity contribution >= 4 is 0 Å². The number of hydrogen-bond donors (Lipinski definition) is 0. The van der Waals surface area contributed by atoms with Gasteiger partial charge in [-0.2, -0.15) is 0 Å². The highest BCUT2D eigenvalue weighted by molar-refractivity contribution is 5.28. The summed E-state index contributed by atoms with van der Waals surface area (Å²) in [6.07, 6.45) is 15.8. The van der Waals surface area contributed by atoms with Gasteiger partial charge in [0.2, 0.25) is 0 Å². The minimum absolute atomic E-state index is 0.0738. The summed E-state index contributed by atoms with van der Waals surface area (Å²) >= 11 is 0. The quantitative estimate of drug-likeness (QED) is 0.484. The molecule has 0 N–H and O–H groups in total. The fourth-order valence-electron chi connectivity index (χ4n) is 9.57. The van der Waals surface area contributed by atoms with Gasteiger partial charge in [0, 0.05) is 36.5 Å². The molecule has 4 aliphatic carbocycles. The second kappa shape index (κ2) is 5.83. The largest absolute Gasteiger partial charge is 0.365 e. The lowest BCUT2D eigenvalue weighted by Crippen LogP contribution is -2.63. The monoisotopic (exact) mass is 414 g/mol. The number of rotatable bonds is 1. The molecule has 5 nitrogen and oxygen atoms in total. The topological polar surface area (TPSA) is 49.5 Å². The van der Waals surface area contributed by atoms with Crippen molar-refractivity contribution in [2.75, 3.05) is 26.4 Å².